The molecule has 7 nitrogen and oxygen atoms in total. The number of anilines is 3. The fourth-order valence-electron chi connectivity index (χ4n) is 2.75. The van der Waals surface area contributed by atoms with Crippen LogP contribution >= 0.6 is 11.3 Å². The van der Waals surface area contributed by atoms with E-state index in [4.69, 9.17) is 4.74 Å². The Morgan fingerprint density at radius 2 is 1.83 bits per heavy atom. The maximum absolute atomic E-state index is 12.3. The number of carbonyl (C=O) groups excluding carboxylic acids is 2. The highest BCUT2D eigenvalue weighted by atomic mass is 32.1. The van der Waals surface area contributed by atoms with Crippen molar-refractivity contribution < 1.29 is 14.3 Å². The summed E-state index contributed by atoms with van der Waals surface area (Å²) < 4.78 is 5.22. The average Bonchev–Trinajstić information content (AvgIpc) is 3.08. The average molecular weight is 410 g/mol. The van der Waals surface area contributed by atoms with E-state index in [1.54, 1.807) is 18.6 Å². The number of nitrogens with zero attached hydrogens (tertiary/aromatic N) is 1. The molecule has 0 spiro atoms. The predicted octanol–water partition coefficient (Wildman–Crippen LogP) is 4.59. The van der Waals surface area contributed by atoms with Crippen molar-refractivity contribution >= 4 is 39.8 Å². The highest BCUT2D eigenvalue weighted by Crippen LogP contribution is 2.22. The summed E-state index contributed by atoms with van der Waals surface area (Å²) in [6.07, 6.45) is 0.114. The molecule has 0 aliphatic rings. The van der Waals surface area contributed by atoms with E-state index in [9.17, 15) is 9.59 Å². The summed E-state index contributed by atoms with van der Waals surface area (Å²) in [4.78, 5) is 28.7. The zero-order chi connectivity index (χ0) is 20.8. The third kappa shape index (κ3) is 5.79. The van der Waals surface area contributed by atoms with Crippen LogP contribution in [0.25, 0.3) is 0 Å². The Labute approximate surface area is 173 Å². The summed E-state index contributed by atoms with van der Waals surface area (Å²) >= 11 is 1.27. The number of rotatable bonds is 6. The number of ether oxygens (including phenoxy) is 1. The van der Waals surface area contributed by atoms with Gasteiger partial charge in [0.1, 0.15) is 5.75 Å². The molecular formula is C21H22N4O3S. The molecule has 0 unspecified atom stereocenters. The number of carbonyl (C=O) groups is 2. The Morgan fingerprint density at radius 1 is 1.03 bits per heavy atom. The third-order valence-corrected chi connectivity index (χ3v) is 4.87. The second kappa shape index (κ2) is 9.20. The van der Waals surface area contributed by atoms with Gasteiger partial charge in [-0.3, -0.25) is 10.1 Å². The van der Waals surface area contributed by atoms with Crippen LogP contribution in [0.4, 0.5) is 21.3 Å². The summed E-state index contributed by atoms with van der Waals surface area (Å²) in [5, 5.41) is 10.5. The number of hydrogen-bond donors (Lipinski definition) is 3. The highest BCUT2D eigenvalue weighted by molar-refractivity contribution is 7.14. The standard InChI is InChI=1S/C21H22N4O3S/c1-13-5-4-6-15(9-13)23-20(27)25-21-24-17(12-29-21)11-19(26)22-16-7-8-18(28-3)14(2)10-16/h4-10,12H,11H2,1-3H3,(H,22,26)(H2,23,24,25,27). The molecule has 0 bridgehead atoms. The molecule has 0 saturated heterocycles. The Bertz CT molecular complexity index is 1030. The van der Waals surface area contributed by atoms with Crippen molar-refractivity contribution in [2.75, 3.05) is 23.1 Å². The SMILES string of the molecule is COc1ccc(NC(=O)Cc2csc(NC(=O)Nc3cccc(C)c3)n2)cc1C. The first-order chi connectivity index (χ1) is 13.9. The summed E-state index contributed by atoms with van der Waals surface area (Å²) in [6.45, 7) is 3.86. The number of hydrogen-bond acceptors (Lipinski definition) is 5. The summed E-state index contributed by atoms with van der Waals surface area (Å²) in [5.41, 5.74) is 3.97. The van der Waals surface area contributed by atoms with Gasteiger partial charge in [-0.25, -0.2) is 9.78 Å². The Balaban J connectivity index is 1.53. The Hall–Kier alpha value is -3.39. The number of urea groups is 1. The molecule has 0 atom stereocenters. The van der Waals surface area contributed by atoms with Crippen molar-refractivity contribution in [3.05, 3.63) is 64.7 Å². The molecule has 3 aromatic rings. The van der Waals surface area contributed by atoms with Crippen LogP contribution in [0.5, 0.6) is 5.75 Å². The van der Waals surface area contributed by atoms with Crippen molar-refractivity contribution in [2.24, 2.45) is 0 Å². The van der Waals surface area contributed by atoms with E-state index in [1.807, 2.05) is 50.2 Å². The van der Waals surface area contributed by atoms with Gasteiger partial charge in [0.2, 0.25) is 5.91 Å². The molecule has 1 heterocycles. The molecule has 0 aliphatic heterocycles. The summed E-state index contributed by atoms with van der Waals surface area (Å²) in [6, 6.07) is 12.6. The topological polar surface area (TPSA) is 92.4 Å². The lowest BCUT2D eigenvalue weighted by atomic mass is 10.2. The minimum absolute atomic E-state index is 0.114. The zero-order valence-corrected chi connectivity index (χ0v) is 17.2. The van der Waals surface area contributed by atoms with Crippen LogP contribution in [0.1, 0.15) is 16.8 Å². The van der Waals surface area contributed by atoms with Gasteiger partial charge in [0.05, 0.1) is 19.2 Å². The molecule has 150 valence electrons. The molecule has 0 aliphatic carbocycles. The monoisotopic (exact) mass is 410 g/mol. The normalized spacial score (nSPS) is 10.3. The van der Waals surface area contributed by atoms with Gasteiger partial charge in [0.15, 0.2) is 5.13 Å². The third-order valence-electron chi connectivity index (χ3n) is 4.07. The Kier molecular flexibility index (Phi) is 6.46. The number of methoxy groups -OCH3 is 1. The summed E-state index contributed by atoms with van der Waals surface area (Å²) in [5.74, 6) is 0.581. The van der Waals surface area contributed by atoms with Crippen molar-refractivity contribution in [1.29, 1.82) is 0 Å². The van der Waals surface area contributed by atoms with Gasteiger partial charge in [0, 0.05) is 16.8 Å². The fourth-order valence-corrected chi connectivity index (χ4v) is 3.46. The van der Waals surface area contributed by atoms with E-state index in [0.717, 1.165) is 16.9 Å². The zero-order valence-electron chi connectivity index (χ0n) is 16.4. The minimum Gasteiger partial charge on any atom is -0.496 e. The van der Waals surface area contributed by atoms with Gasteiger partial charge in [-0.2, -0.15) is 0 Å². The van der Waals surface area contributed by atoms with Gasteiger partial charge < -0.3 is 15.4 Å². The quantitative estimate of drug-likeness (QED) is 0.554. The van der Waals surface area contributed by atoms with Gasteiger partial charge in [-0.1, -0.05) is 12.1 Å². The van der Waals surface area contributed by atoms with Gasteiger partial charge >= 0.3 is 6.03 Å². The lowest BCUT2D eigenvalue weighted by Gasteiger charge is -2.08. The summed E-state index contributed by atoms with van der Waals surface area (Å²) in [7, 11) is 1.61. The number of aryl methyl sites for hydroxylation is 2. The predicted molar refractivity (Wildman–Crippen MR) is 116 cm³/mol. The highest BCUT2D eigenvalue weighted by Gasteiger charge is 2.11. The lowest BCUT2D eigenvalue weighted by molar-refractivity contribution is -0.115. The molecule has 29 heavy (non-hydrogen) atoms. The van der Waals surface area contributed by atoms with Crippen molar-refractivity contribution in [1.82, 2.24) is 4.98 Å². The number of nitrogens with one attached hydrogen (secondary N) is 3. The van der Waals surface area contributed by atoms with E-state index in [0.29, 0.717) is 22.2 Å². The first-order valence-corrected chi connectivity index (χ1v) is 9.84. The molecule has 3 N–H and O–H groups in total. The van der Waals surface area contributed by atoms with Crippen LogP contribution in [0, 0.1) is 13.8 Å². The van der Waals surface area contributed by atoms with E-state index in [-0.39, 0.29) is 18.4 Å². The van der Waals surface area contributed by atoms with Crippen molar-refractivity contribution in [3.63, 3.8) is 0 Å². The van der Waals surface area contributed by atoms with Crippen LogP contribution in [0.3, 0.4) is 0 Å². The number of thiazole rings is 1. The minimum atomic E-state index is -0.380. The maximum atomic E-state index is 12.3. The molecule has 3 rings (SSSR count). The van der Waals surface area contributed by atoms with E-state index in [1.165, 1.54) is 11.3 Å². The van der Waals surface area contributed by atoms with Gasteiger partial charge in [-0.15, -0.1) is 11.3 Å². The first kappa shape index (κ1) is 20.3. The van der Waals surface area contributed by atoms with Crippen LogP contribution in [-0.2, 0) is 11.2 Å². The molecule has 2 aromatic carbocycles. The second-order valence-corrected chi connectivity index (χ2v) is 7.36. The van der Waals surface area contributed by atoms with Crippen LogP contribution < -0.4 is 20.7 Å². The van der Waals surface area contributed by atoms with E-state index >= 15 is 0 Å². The van der Waals surface area contributed by atoms with Crippen molar-refractivity contribution in [2.45, 2.75) is 20.3 Å². The molecule has 0 radical (unpaired) electrons. The molecular weight excluding hydrogens is 388 g/mol. The molecule has 1 aromatic heterocycles. The first-order valence-electron chi connectivity index (χ1n) is 8.96. The molecule has 0 fully saturated rings. The van der Waals surface area contributed by atoms with Crippen LogP contribution in [0.15, 0.2) is 47.8 Å². The second-order valence-electron chi connectivity index (χ2n) is 6.50. The molecule has 8 heteroatoms. The van der Waals surface area contributed by atoms with Crippen LogP contribution in [0.2, 0.25) is 0 Å². The largest absolute Gasteiger partial charge is 0.496 e. The van der Waals surface area contributed by atoms with Gasteiger partial charge in [-0.05, 0) is 55.3 Å². The lowest BCUT2D eigenvalue weighted by Crippen LogP contribution is -2.19. The van der Waals surface area contributed by atoms with Gasteiger partial charge in [0.25, 0.3) is 0 Å². The van der Waals surface area contributed by atoms with E-state index in [2.05, 4.69) is 20.9 Å². The number of amides is 3. The maximum Gasteiger partial charge on any atom is 0.325 e. The Morgan fingerprint density at radius 3 is 2.55 bits per heavy atom. The van der Waals surface area contributed by atoms with E-state index < -0.39 is 0 Å². The smallest absolute Gasteiger partial charge is 0.325 e. The van der Waals surface area contributed by atoms with Crippen LogP contribution in [-0.4, -0.2) is 24.0 Å². The number of benzene rings is 2. The number of aromatic nitrogens is 1. The fraction of sp³-hybridized carbons (Fsp3) is 0.190. The molecule has 3 amide bonds. The van der Waals surface area contributed by atoms with Crippen molar-refractivity contribution in [3.8, 4) is 5.75 Å². The molecule has 0 saturated carbocycles.